The van der Waals surface area contributed by atoms with E-state index in [1.807, 2.05) is 32.9 Å². The number of nitrogens with one attached hydrogen (secondary N) is 1. The molecule has 0 aliphatic heterocycles. The molecule has 24 heavy (non-hydrogen) atoms. The van der Waals surface area contributed by atoms with E-state index in [2.05, 4.69) is 11.9 Å². The van der Waals surface area contributed by atoms with Gasteiger partial charge in [-0.1, -0.05) is 57.4 Å². The number of allylic oxidation sites excluding steroid dienone is 1. The van der Waals surface area contributed by atoms with Gasteiger partial charge in [0, 0.05) is 5.56 Å². The molecule has 0 fully saturated rings. The van der Waals surface area contributed by atoms with Crippen molar-refractivity contribution in [3.05, 3.63) is 48.6 Å². The molecule has 0 heterocycles. The Bertz CT molecular complexity index is 493. The van der Waals surface area contributed by atoms with Crippen molar-refractivity contribution < 1.29 is 14.7 Å². The fourth-order valence-corrected chi connectivity index (χ4v) is 2.14. The maximum atomic E-state index is 11.8. The molecule has 134 valence electrons. The van der Waals surface area contributed by atoms with Crippen molar-refractivity contribution in [3.63, 3.8) is 0 Å². The van der Waals surface area contributed by atoms with Crippen LogP contribution in [0.5, 0.6) is 0 Å². The Hall–Kier alpha value is -1.94. The third-order valence-electron chi connectivity index (χ3n) is 3.74. The first-order valence-electron chi connectivity index (χ1n) is 8.42. The molecule has 0 radical (unpaired) electrons. The van der Waals surface area contributed by atoms with E-state index in [4.69, 9.17) is 0 Å². The number of amides is 1. The van der Waals surface area contributed by atoms with Gasteiger partial charge in [0.2, 0.25) is 0 Å². The largest absolute Gasteiger partial charge is 0.854 e. The van der Waals surface area contributed by atoms with E-state index in [0.717, 1.165) is 12.8 Å². The van der Waals surface area contributed by atoms with Crippen LogP contribution in [0.15, 0.2) is 43.0 Å². The molecule has 0 aliphatic rings. The average molecular weight is 332 g/mol. The fourth-order valence-electron chi connectivity index (χ4n) is 2.14. The Morgan fingerprint density at radius 1 is 1.25 bits per heavy atom. The lowest BCUT2D eigenvalue weighted by Crippen LogP contribution is -2.43. The summed E-state index contributed by atoms with van der Waals surface area (Å²) in [5.74, 6) is 0.214. The Balaban J connectivity index is 0.000000561. The number of ketones is 1. The van der Waals surface area contributed by atoms with Gasteiger partial charge in [-0.15, -0.1) is 13.2 Å². The van der Waals surface area contributed by atoms with Crippen molar-refractivity contribution in [2.24, 2.45) is 11.8 Å². The van der Waals surface area contributed by atoms with Crippen LogP contribution >= 0.6 is 0 Å². The normalized spacial score (nSPS) is 12.6. The minimum atomic E-state index is -0.410. The van der Waals surface area contributed by atoms with Gasteiger partial charge >= 0.3 is 0 Å². The minimum Gasteiger partial charge on any atom is -0.854 e. The zero-order chi connectivity index (χ0) is 18.5. The first-order chi connectivity index (χ1) is 11.4. The highest BCUT2D eigenvalue weighted by Crippen LogP contribution is 2.06. The van der Waals surface area contributed by atoms with E-state index in [1.165, 1.54) is 6.92 Å². The lowest BCUT2D eigenvalue weighted by atomic mass is 10.0. The standard InChI is InChI=1S/C13H17NO2.C7H13O/c1-9(2)12(10(3)15)14-13(16)11-7-5-4-6-8-11;1-3-5-7(4-2)6-8/h4-9,12H,1-3H3,(H,14,16);3,7H,1,4-6H2,2H3/q;-1/t12-;/m1./s1. The first-order valence-corrected chi connectivity index (χ1v) is 8.42. The summed E-state index contributed by atoms with van der Waals surface area (Å²) < 4.78 is 0. The second-order valence-corrected chi connectivity index (χ2v) is 6.14. The van der Waals surface area contributed by atoms with Crippen LogP contribution in [-0.4, -0.2) is 24.3 Å². The molecule has 0 saturated heterocycles. The topological polar surface area (TPSA) is 69.2 Å². The number of hydrogen-bond donors (Lipinski definition) is 1. The van der Waals surface area contributed by atoms with Gasteiger partial charge < -0.3 is 10.4 Å². The highest BCUT2D eigenvalue weighted by molar-refractivity contribution is 5.97. The predicted molar refractivity (Wildman–Crippen MR) is 96.7 cm³/mol. The summed E-state index contributed by atoms with van der Waals surface area (Å²) in [6.45, 7) is 11.0. The summed E-state index contributed by atoms with van der Waals surface area (Å²) >= 11 is 0. The van der Waals surface area contributed by atoms with Crippen LogP contribution in [0, 0.1) is 11.8 Å². The van der Waals surface area contributed by atoms with Crippen molar-refractivity contribution in [1.29, 1.82) is 0 Å². The van der Waals surface area contributed by atoms with Crippen molar-refractivity contribution in [2.45, 2.75) is 46.6 Å². The van der Waals surface area contributed by atoms with Crippen molar-refractivity contribution >= 4 is 11.7 Å². The van der Waals surface area contributed by atoms with Crippen LogP contribution in [0.3, 0.4) is 0 Å². The summed E-state index contributed by atoms with van der Waals surface area (Å²) in [6.07, 6.45) is 3.67. The molecule has 1 amide bonds. The number of hydrogen-bond acceptors (Lipinski definition) is 3. The Morgan fingerprint density at radius 3 is 2.17 bits per heavy atom. The van der Waals surface area contributed by atoms with Crippen LogP contribution in [0.2, 0.25) is 0 Å². The van der Waals surface area contributed by atoms with Gasteiger partial charge in [-0.25, -0.2) is 0 Å². The number of Topliss-reactive ketones (excluding diaryl/α,β-unsaturated/α-hetero) is 1. The smallest absolute Gasteiger partial charge is 0.251 e. The molecule has 0 saturated carbocycles. The SMILES string of the molecule is C=CCC(CC)C[O-].CC(=O)[C@H](NC(=O)c1ccccc1)C(C)C. The van der Waals surface area contributed by atoms with E-state index in [0.29, 0.717) is 11.5 Å². The molecule has 0 spiro atoms. The summed E-state index contributed by atoms with van der Waals surface area (Å²) in [5.41, 5.74) is 0.578. The van der Waals surface area contributed by atoms with Crippen molar-refractivity contribution in [1.82, 2.24) is 5.32 Å². The quantitative estimate of drug-likeness (QED) is 0.744. The molecule has 2 atom stereocenters. The molecule has 1 rings (SSSR count). The summed E-state index contributed by atoms with van der Waals surface area (Å²) in [4.78, 5) is 23.1. The van der Waals surface area contributed by atoms with E-state index >= 15 is 0 Å². The van der Waals surface area contributed by atoms with Gasteiger partial charge in [0.15, 0.2) is 5.78 Å². The van der Waals surface area contributed by atoms with Crippen molar-refractivity contribution in [3.8, 4) is 0 Å². The van der Waals surface area contributed by atoms with Gasteiger partial charge in [-0.05, 0) is 31.4 Å². The first kappa shape index (κ1) is 22.1. The highest BCUT2D eigenvalue weighted by atomic mass is 16.3. The summed E-state index contributed by atoms with van der Waals surface area (Å²) in [6, 6.07) is 8.49. The Morgan fingerprint density at radius 2 is 1.83 bits per heavy atom. The second-order valence-electron chi connectivity index (χ2n) is 6.14. The molecule has 4 heteroatoms. The number of rotatable bonds is 8. The van der Waals surface area contributed by atoms with Crippen LogP contribution in [0.4, 0.5) is 0 Å². The van der Waals surface area contributed by atoms with E-state index in [-0.39, 0.29) is 24.2 Å². The monoisotopic (exact) mass is 332 g/mol. The number of carbonyl (C=O) groups is 2. The minimum absolute atomic E-state index is 0.0146. The zero-order valence-electron chi connectivity index (χ0n) is 15.2. The number of carbonyl (C=O) groups excluding carboxylic acids is 2. The van der Waals surface area contributed by atoms with Gasteiger partial charge in [0.25, 0.3) is 5.91 Å². The molecule has 1 aromatic carbocycles. The second kappa shape index (κ2) is 12.5. The molecule has 1 unspecified atom stereocenters. The fraction of sp³-hybridized carbons (Fsp3) is 0.500. The number of benzene rings is 1. The summed E-state index contributed by atoms with van der Waals surface area (Å²) in [7, 11) is 0. The van der Waals surface area contributed by atoms with Gasteiger partial charge in [0.05, 0.1) is 6.04 Å². The lowest BCUT2D eigenvalue weighted by Gasteiger charge is -2.19. The molecular formula is C20H30NO3-. The Labute approximate surface area is 146 Å². The zero-order valence-corrected chi connectivity index (χ0v) is 15.2. The third-order valence-corrected chi connectivity index (χ3v) is 3.74. The average Bonchev–Trinajstić information content (AvgIpc) is 2.58. The van der Waals surface area contributed by atoms with E-state index in [1.54, 1.807) is 24.3 Å². The third kappa shape index (κ3) is 8.63. The van der Waals surface area contributed by atoms with Gasteiger partial charge in [-0.3, -0.25) is 9.59 Å². The predicted octanol–water partition coefficient (Wildman–Crippen LogP) is 2.98. The van der Waals surface area contributed by atoms with E-state index in [9.17, 15) is 14.7 Å². The molecular weight excluding hydrogens is 302 g/mol. The maximum absolute atomic E-state index is 11.8. The molecule has 1 N–H and O–H groups in total. The molecule has 1 aromatic rings. The molecule has 4 nitrogen and oxygen atoms in total. The van der Waals surface area contributed by atoms with E-state index < -0.39 is 6.04 Å². The van der Waals surface area contributed by atoms with Gasteiger partial charge in [0.1, 0.15) is 0 Å². The molecule has 0 aliphatic carbocycles. The van der Waals surface area contributed by atoms with Crippen LogP contribution in [0.1, 0.15) is 50.9 Å². The highest BCUT2D eigenvalue weighted by Gasteiger charge is 2.20. The molecule has 0 bridgehead atoms. The van der Waals surface area contributed by atoms with Gasteiger partial charge in [-0.2, -0.15) is 0 Å². The lowest BCUT2D eigenvalue weighted by molar-refractivity contribution is -0.379. The van der Waals surface area contributed by atoms with Crippen LogP contribution in [0.25, 0.3) is 0 Å². The van der Waals surface area contributed by atoms with Crippen molar-refractivity contribution in [2.75, 3.05) is 6.61 Å². The Kier molecular flexibility index (Phi) is 11.5. The van der Waals surface area contributed by atoms with Crippen LogP contribution in [-0.2, 0) is 4.79 Å². The molecule has 0 aromatic heterocycles. The van der Waals surface area contributed by atoms with Crippen LogP contribution < -0.4 is 10.4 Å². The summed E-state index contributed by atoms with van der Waals surface area (Å²) in [5, 5.41) is 12.9. The maximum Gasteiger partial charge on any atom is 0.251 e.